The van der Waals surface area contributed by atoms with Gasteiger partial charge in [0.25, 0.3) is 5.91 Å². The lowest BCUT2D eigenvalue weighted by atomic mass is 10.1. The van der Waals surface area contributed by atoms with Gasteiger partial charge in [-0.15, -0.1) is 0 Å². The van der Waals surface area contributed by atoms with Crippen molar-refractivity contribution in [2.45, 2.75) is 25.8 Å². The van der Waals surface area contributed by atoms with Crippen LogP contribution in [0.5, 0.6) is 0 Å². The van der Waals surface area contributed by atoms with Crippen molar-refractivity contribution in [3.63, 3.8) is 0 Å². The summed E-state index contributed by atoms with van der Waals surface area (Å²) in [4.78, 5) is 40.0. The van der Waals surface area contributed by atoms with Crippen LogP contribution in [0.15, 0.2) is 12.5 Å². The van der Waals surface area contributed by atoms with Crippen molar-refractivity contribution < 1.29 is 24.2 Å². The minimum atomic E-state index is -1.21. The van der Waals surface area contributed by atoms with Gasteiger partial charge in [-0.3, -0.25) is 9.59 Å². The highest BCUT2D eigenvalue weighted by molar-refractivity contribution is 5.94. The van der Waals surface area contributed by atoms with Gasteiger partial charge in [0.05, 0.1) is 19.1 Å². The maximum atomic E-state index is 11.6. The van der Waals surface area contributed by atoms with Gasteiger partial charge >= 0.3 is 11.9 Å². The molecule has 0 bridgehead atoms. The minimum Gasteiger partial charge on any atom is -0.480 e. The zero-order valence-electron chi connectivity index (χ0n) is 10.4. The Morgan fingerprint density at radius 2 is 2.26 bits per heavy atom. The number of aromatic nitrogens is 2. The van der Waals surface area contributed by atoms with E-state index in [-0.39, 0.29) is 25.1 Å². The number of carboxylic acid groups (broad SMARTS) is 1. The number of nitrogens with zero attached hydrogens (tertiary/aromatic N) is 1. The Labute approximate surface area is 109 Å². The number of amides is 1. The minimum absolute atomic E-state index is 0.0337. The van der Waals surface area contributed by atoms with E-state index in [4.69, 9.17) is 5.11 Å². The van der Waals surface area contributed by atoms with Gasteiger partial charge in [0.15, 0.2) is 0 Å². The number of hydrogen-bond donors (Lipinski definition) is 3. The summed E-state index contributed by atoms with van der Waals surface area (Å²) in [6, 6.07) is -1.15. The number of carboxylic acids is 1. The largest absolute Gasteiger partial charge is 0.480 e. The van der Waals surface area contributed by atoms with E-state index in [2.05, 4.69) is 20.0 Å². The van der Waals surface area contributed by atoms with E-state index >= 15 is 0 Å². The summed E-state index contributed by atoms with van der Waals surface area (Å²) >= 11 is 0. The van der Waals surface area contributed by atoms with Crippen LogP contribution in [-0.4, -0.2) is 45.6 Å². The second-order valence-corrected chi connectivity index (χ2v) is 3.67. The first-order valence-electron chi connectivity index (χ1n) is 5.72. The zero-order chi connectivity index (χ0) is 14.3. The molecule has 0 aromatic carbocycles. The molecule has 0 fully saturated rings. The maximum absolute atomic E-state index is 11.6. The summed E-state index contributed by atoms with van der Waals surface area (Å²) in [6.07, 6.45) is 2.48. The molecule has 1 amide bonds. The van der Waals surface area contributed by atoms with E-state index in [1.165, 1.54) is 12.5 Å². The van der Waals surface area contributed by atoms with Crippen molar-refractivity contribution in [3.8, 4) is 0 Å². The maximum Gasteiger partial charge on any atom is 0.326 e. The molecule has 104 valence electrons. The summed E-state index contributed by atoms with van der Waals surface area (Å²) in [7, 11) is 0. The number of ether oxygens (including phenoxy) is 1. The number of hydrogen-bond acceptors (Lipinski definition) is 5. The van der Waals surface area contributed by atoms with Crippen molar-refractivity contribution in [1.29, 1.82) is 0 Å². The van der Waals surface area contributed by atoms with Crippen LogP contribution in [0.4, 0.5) is 0 Å². The van der Waals surface area contributed by atoms with Crippen LogP contribution in [0.3, 0.4) is 0 Å². The highest BCUT2D eigenvalue weighted by Crippen LogP contribution is 2.02. The first-order chi connectivity index (χ1) is 9.04. The molecule has 0 spiro atoms. The Balaban J connectivity index is 2.51. The van der Waals surface area contributed by atoms with Crippen molar-refractivity contribution in [2.24, 2.45) is 0 Å². The monoisotopic (exact) mass is 269 g/mol. The van der Waals surface area contributed by atoms with Gasteiger partial charge in [-0.2, -0.15) is 0 Å². The first kappa shape index (κ1) is 14.7. The summed E-state index contributed by atoms with van der Waals surface area (Å²) in [5.74, 6) is -2.30. The van der Waals surface area contributed by atoms with Crippen molar-refractivity contribution in [3.05, 3.63) is 18.2 Å². The van der Waals surface area contributed by atoms with Gasteiger partial charge in [0.1, 0.15) is 11.7 Å². The number of rotatable bonds is 7. The van der Waals surface area contributed by atoms with Crippen molar-refractivity contribution >= 4 is 17.8 Å². The molecule has 19 heavy (non-hydrogen) atoms. The lowest BCUT2D eigenvalue weighted by Crippen LogP contribution is -2.41. The number of esters is 1. The third-order valence-electron chi connectivity index (χ3n) is 2.29. The van der Waals surface area contributed by atoms with Gasteiger partial charge in [-0.05, 0) is 13.3 Å². The van der Waals surface area contributed by atoms with E-state index in [0.717, 1.165) is 0 Å². The summed E-state index contributed by atoms with van der Waals surface area (Å²) in [5.41, 5.74) is 0.155. The Morgan fingerprint density at radius 3 is 2.79 bits per heavy atom. The van der Waals surface area contributed by atoms with Crippen LogP contribution in [0, 0.1) is 0 Å². The molecule has 0 saturated heterocycles. The van der Waals surface area contributed by atoms with Gasteiger partial charge in [-0.1, -0.05) is 0 Å². The number of aromatic amines is 1. The van der Waals surface area contributed by atoms with Crippen LogP contribution in [0.2, 0.25) is 0 Å². The molecule has 0 aliphatic heterocycles. The molecule has 1 rings (SSSR count). The number of carbonyl (C=O) groups is 3. The van der Waals surface area contributed by atoms with Crippen molar-refractivity contribution in [1.82, 2.24) is 15.3 Å². The molecule has 1 heterocycles. The first-order valence-corrected chi connectivity index (χ1v) is 5.72. The number of carbonyl (C=O) groups excluding carboxylic acids is 2. The lowest BCUT2D eigenvalue weighted by molar-refractivity contribution is -0.144. The third-order valence-corrected chi connectivity index (χ3v) is 2.29. The van der Waals surface area contributed by atoms with E-state index in [1.807, 2.05) is 0 Å². The smallest absolute Gasteiger partial charge is 0.326 e. The molecular formula is C11H15N3O5. The predicted octanol–water partition coefficient (Wildman–Crippen LogP) is -0.0640. The standard InChI is InChI=1S/C11H15N3O5/c1-2-19-9(15)4-3-7(11(17)18)14-10(16)8-5-12-6-13-8/h5-7H,2-4H2,1H3,(H,12,13)(H,14,16)(H,17,18)/t7-/m0/s1. The second kappa shape index (κ2) is 7.14. The molecule has 1 aromatic rings. The van der Waals surface area contributed by atoms with Crippen molar-refractivity contribution in [2.75, 3.05) is 6.61 Å². The average Bonchev–Trinajstić information content (AvgIpc) is 2.88. The quantitative estimate of drug-likeness (QED) is 0.596. The molecule has 3 N–H and O–H groups in total. The van der Waals surface area contributed by atoms with Gasteiger partial charge < -0.3 is 20.1 Å². The average molecular weight is 269 g/mol. The Morgan fingerprint density at radius 1 is 1.53 bits per heavy atom. The van der Waals surface area contributed by atoms with Gasteiger partial charge in [-0.25, -0.2) is 9.78 Å². The SMILES string of the molecule is CCOC(=O)CC[C@H](NC(=O)c1cnc[nH]1)C(=O)O. The fourth-order valence-electron chi connectivity index (χ4n) is 1.37. The summed E-state index contributed by atoms with van der Waals surface area (Å²) in [5, 5.41) is 11.3. The van der Waals surface area contributed by atoms with Crippen LogP contribution >= 0.6 is 0 Å². The molecule has 0 aliphatic carbocycles. The number of aliphatic carboxylic acids is 1. The molecule has 8 nitrogen and oxygen atoms in total. The summed E-state index contributed by atoms with van der Waals surface area (Å²) < 4.78 is 4.69. The van der Waals surface area contributed by atoms with Crippen LogP contribution in [-0.2, 0) is 14.3 Å². The molecule has 0 unspecified atom stereocenters. The fourth-order valence-corrected chi connectivity index (χ4v) is 1.37. The highest BCUT2D eigenvalue weighted by Gasteiger charge is 2.22. The molecule has 0 saturated carbocycles. The van der Waals surface area contributed by atoms with Crippen LogP contribution in [0.1, 0.15) is 30.3 Å². The number of H-pyrrole nitrogens is 1. The number of imidazole rings is 1. The Kier molecular flexibility index (Phi) is 5.52. The molecule has 1 aromatic heterocycles. The van der Waals surface area contributed by atoms with Gasteiger partial charge in [0, 0.05) is 6.42 Å². The van der Waals surface area contributed by atoms with E-state index in [1.54, 1.807) is 6.92 Å². The Bertz CT molecular complexity index is 443. The fraction of sp³-hybridized carbons (Fsp3) is 0.455. The zero-order valence-corrected chi connectivity index (χ0v) is 10.4. The topological polar surface area (TPSA) is 121 Å². The second-order valence-electron chi connectivity index (χ2n) is 3.67. The molecular weight excluding hydrogens is 254 g/mol. The lowest BCUT2D eigenvalue weighted by Gasteiger charge is -2.13. The number of nitrogens with one attached hydrogen (secondary N) is 2. The molecule has 8 heteroatoms. The van der Waals surface area contributed by atoms with E-state index < -0.39 is 23.9 Å². The van der Waals surface area contributed by atoms with E-state index in [9.17, 15) is 14.4 Å². The molecule has 0 radical (unpaired) electrons. The van der Waals surface area contributed by atoms with Crippen LogP contribution in [0.25, 0.3) is 0 Å². The molecule has 0 aliphatic rings. The van der Waals surface area contributed by atoms with Gasteiger partial charge in [0.2, 0.25) is 0 Å². The van der Waals surface area contributed by atoms with Crippen LogP contribution < -0.4 is 5.32 Å². The highest BCUT2D eigenvalue weighted by atomic mass is 16.5. The third kappa shape index (κ3) is 4.78. The Hall–Kier alpha value is -2.38. The normalized spacial score (nSPS) is 11.6. The predicted molar refractivity (Wildman–Crippen MR) is 63.3 cm³/mol. The molecule has 1 atom stereocenters. The summed E-state index contributed by atoms with van der Waals surface area (Å²) in [6.45, 7) is 1.89. The van der Waals surface area contributed by atoms with E-state index in [0.29, 0.717) is 0 Å².